The molecule has 32 heavy (non-hydrogen) atoms. The molecule has 0 radical (unpaired) electrons. The summed E-state index contributed by atoms with van der Waals surface area (Å²) in [5.41, 5.74) is 2.65. The summed E-state index contributed by atoms with van der Waals surface area (Å²) >= 11 is 2.75. The van der Waals surface area contributed by atoms with Gasteiger partial charge in [0.05, 0.1) is 34.7 Å². The second-order valence-electron chi connectivity index (χ2n) is 6.71. The lowest BCUT2D eigenvalue weighted by Crippen LogP contribution is -2.15. The molecular weight excluding hydrogens is 447 g/mol. The second kappa shape index (κ2) is 9.88. The number of amides is 1. The number of nitrogens with one attached hydrogen (secondary N) is 1. The SMILES string of the molecule is COc1ccccc1-c1nc(C)c(-c2ccc(SCC(=O)Nc3ccccc3F)nn2)s1. The molecule has 0 aliphatic heterocycles. The van der Waals surface area contributed by atoms with Crippen LogP contribution in [0.5, 0.6) is 5.75 Å². The van der Waals surface area contributed by atoms with Crippen LogP contribution >= 0.6 is 23.1 Å². The number of carbonyl (C=O) groups excluding carboxylic acids is 1. The minimum Gasteiger partial charge on any atom is -0.496 e. The number of nitrogens with zero attached hydrogens (tertiary/aromatic N) is 3. The number of para-hydroxylation sites is 2. The van der Waals surface area contributed by atoms with Crippen molar-refractivity contribution in [2.45, 2.75) is 11.9 Å². The maximum Gasteiger partial charge on any atom is 0.234 e. The standard InChI is InChI=1S/C23H19FN4O2S2/c1-14-22(32-23(25-14)15-7-3-6-10-19(15)30-2)18-11-12-21(28-27-18)31-13-20(29)26-17-9-5-4-8-16(17)24/h3-12H,13H2,1-2H3,(H,26,29). The Labute approximate surface area is 192 Å². The average molecular weight is 467 g/mol. The molecule has 4 aromatic rings. The van der Waals surface area contributed by atoms with Crippen LogP contribution in [0.25, 0.3) is 21.1 Å². The van der Waals surface area contributed by atoms with Crippen molar-refractivity contribution in [1.29, 1.82) is 0 Å². The average Bonchev–Trinajstić information content (AvgIpc) is 3.21. The van der Waals surface area contributed by atoms with Crippen molar-refractivity contribution in [2.75, 3.05) is 18.2 Å². The highest BCUT2D eigenvalue weighted by atomic mass is 32.2. The van der Waals surface area contributed by atoms with E-state index in [1.165, 1.54) is 35.2 Å². The van der Waals surface area contributed by atoms with Crippen molar-refractivity contribution in [3.8, 4) is 26.9 Å². The molecule has 0 spiro atoms. The maximum absolute atomic E-state index is 13.6. The van der Waals surface area contributed by atoms with Crippen molar-refractivity contribution in [3.05, 3.63) is 72.2 Å². The Hall–Kier alpha value is -3.30. The van der Waals surface area contributed by atoms with Gasteiger partial charge in [-0.15, -0.1) is 21.5 Å². The third-order valence-electron chi connectivity index (χ3n) is 4.51. The van der Waals surface area contributed by atoms with Crippen LogP contribution < -0.4 is 10.1 Å². The van der Waals surface area contributed by atoms with Crippen LogP contribution in [-0.4, -0.2) is 34.0 Å². The number of anilines is 1. The van der Waals surface area contributed by atoms with E-state index in [1.54, 1.807) is 19.2 Å². The molecule has 0 fully saturated rings. The summed E-state index contributed by atoms with van der Waals surface area (Å²) in [6, 6.07) is 17.5. The van der Waals surface area contributed by atoms with Crippen LogP contribution in [0.15, 0.2) is 65.7 Å². The van der Waals surface area contributed by atoms with Crippen molar-refractivity contribution in [2.24, 2.45) is 0 Å². The van der Waals surface area contributed by atoms with Gasteiger partial charge in [0.1, 0.15) is 27.3 Å². The lowest BCUT2D eigenvalue weighted by molar-refractivity contribution is -0.113. The zero-order valence-corrected chi connectivity index (χ0v) is 19.0. The quantitative estimate of drug-likeness (QED) is 0.365. The molecule has 9 heteroatoms. The van der Waals surface area contributed by atoms with Gasteiger partial charge in [0, 0.05) is 0 Å². The van der Waals surface area contributed by atoms with E-state index < -0.39 is 5.82 Å². The van der Waals surface area contributed by atoms with Crippen LogP contribution in [0.4, 0.5) is 10.1 Å². The molecule has 162 valence electrons. The first-order valence-electron chi connectivity index (χ1n) is 9.67. The number of thioether (sulfide) groups is 1. The van der Waals surface area contributed by atoms with Gasteiger partial charge >= 0.3 is 0 Å². The molecule has 1 N–H and O–H groups in total. The van der Waals surface area contributed by atoms with E-state index in [0.29, 0.717) is 10.7 Å². The number of benzene rings is 2. The summed E-state index contributed by atoms with van der Waals surface area (Å²) in [4.78, 5) is 17.7. The minimum atomic E-state index is -0.470. The zero-order chi connectivity index (χ0) is 22.5. The van der Waals surface area contributed by atoms with E-state index in [2.05, 4.69) is 20.5 Å². The number of methoxy groups -OCH3 is 1. The zero-order valence-electron chi connectivity index (χ0n) is 17.3. The Bertz CT molecular complexity index is 1240. The monoisotopic (exact) mass is 466 g/mol. The Morgan fingerprint density at radius 2 is 1.88 bits per heavy atom. The molecule has 2 aromatic heterocycles. The van der Waals surface area contributed by atoms with Gasteiger partial charge in [0.25, 0.3) is 0 Å². The predicted molar refractivity (Wildman–Crippen MR) is 126 cm³/mol. The van der Waals surface area contributed by atoms with E-state index in [0.717, 1.165) is 26.9 Å². The Kier molecular flexibility index (Phi) is 6.77. The van der Waals surface area contributed by atoms with Gasteiger partial charge in [-0.25, -0.2) is 9.37 Å². The number of rotatable bonds is 7. The van der Waals surface area contributed by atoms with Gasteiger partial charge in [-0.2, -0.15) is 0 Å². The van der Waals surface area contributed by atoms with E-state index in [9.17, 15) is 9.18 Å². The fraction of sp³-hybridized carbons (Fsp3) is 0.130. The lowest BCUT2D eigenvalue weighted by atomic mass is 10.2. The van der Waals surface area contributed by atoms with Crippen LogP contribution in [0.2, 0.25) is 0 Å². The molecule has 0 atom stereocenters. The third kappa shape index (κ3) is 4.95. The number of ether oxygens (including phenoxy) is 1. The molecule has 1 amide bonds. The first-order chi connectivity index (χ1) is 15.5. The fourth-order valence-electron chi connectivity index (χ4n) is 2.98. The van der Waals surface area contributed by atoms with Gasteiger partial charge in [-0.3, -0.25) is 4.79 Å². The van der Waals surface area contributed by atoms with E-state index in [-0.39, 0.29) is 17.3 Å². The lowest BCUT2D eigenvalue weighted by Gasteiger charge is -2.06. The summed E-state index contributed by atoms with van der Waals surface area (Å²) in [5, 5.41) is 12.5. The van der Waals surface area contributed by atoms with Crippen LogP contribution in [-0.2, 0) is 4.79 Å². The molecule has 0 saturated carbocycles. The molecule has 0 saturated heterocycles. The number of hydrogen-bond donors (Lipinski definition) is 1. The molecule has 4 rings (SSSR count). The Morgan fingerprint density at radius 3 is 2.62 bits per heavy atom. The number of aryl methyl sites for hydroxylation is 1. The molecule has 0 aliphatic rings. The first kappa shape index (κ1) is 21.9. The largest absolute Gasteiger partial charge is 0.496 e. The molecule has 0 bridgehead atoms. The van der Waals surface area contributed by atoms with Crippen molar-refractivity contribution < 1.29 is 13.9 Å². The van der Waals surface area contributed by atoms with Gasteiger partial charge in [-0.05, 0) is 43.3 Å². The third-order valence-corrected chi connectivity index (χ3v) is 6.64. The summed E-state index contributed by atoms with van der Waals surface area (Å²) in [7, 11) is 1.64. The summed E-state index contributed by atoms with van der Waals surface area (Å²) in [6.07, 6.45) is 0. The molecule has 0 aliphatic carbocycles. The molecule has 2 heterocycles. The summed E-state index contributed by atoms with van der Waals surface area (Å²) < 4.78 is 19.1. The molecule has 2 aromatic carbocycles. The van der Waals surface area contributed by atoms with Crippen LogP contribution in [0, 0.1) is 12.7 Å². The normalized spacial score (nSPS) is 10.7. The molecule has 0 unspecified atom stereocenters. The highest BCUT2D eigenvalue weighted by Crippen LogP contribution is 2.38. The number of thiazole rings is 1. The fourth-order valence-corrected chi connectivity index (χ4v) is 4.65. The summed E-state index contributed by atoms with van der Waals surface area (Å²) in [5.74, 6) is 0.0762. The summed E-state index contributed by atoms with van der Waals surface area (Å²) in [6.45, 7) is 1.93. The van der Waals surface area contributed by atoms with Gasteiger partial charge < -0.3 is 10.1 Å². The van der Waals surface area contributed by atoms with Gasteiger partial charge in [0.15, 0.2) is 0 Å². The number of hydrogen-bond acceptors (Lipinski definition) is 7. The maximum atomic E-state index is 13.6. The minimum absolute atomic E-state index is 0.0971. The van der Waals surface area contributed by atoms with Crippen LogP contribution in [0.3, 0.4) is 0 Å². The molecular formula is C23H19FN4O2S2. The number of aromatic nitrogens is 3. The highest BCUT2D eigenvalue weighted by molar-refractivity contribution is 7.99. The highest BCUT2D eigenvalue weighted by Gasteiger charge is 2.16. The Balaban J connectivity index is 1.43. The van der Waals surface area contributed by atoms with Gasteiger partial charge in [-0.1, -0.05) is 36.0 Å². The van der Waals surface area contributed by atoms with Crippen molar-refractivity contribution >= 4 is 34.7 Å². The second-order valence-corrected chi connectivity index (χ2v) is 8.70. The predicted octanol–water partition coefficient (Wildman–Crippen LogP) is 5.45. The number of carbonyl (C=O) groups is 1. The van der Waals surface area contributed by atoms with Crippen molar-refractivity contribution in [1.82, 2.24) is 15.2 Å². The number of halogens is 1. The van der Waals surface area contributed by atoms with E-state index in [4.69, 9.17) is 4.74 Å². The first-order valence-corrected chi connectivity index (χ1v) is 11.5. The van der Waals surface area contributed by atoms with Crippen LogP contribution in [0.1, 0.15) is 5.69 Å². The topological polar surface area (TPSA) is 77.0 Å². The van der Waals surface area contributed by atoms with E-state index in [1.807, 2.05) is 43.3 Å². The van der Waals surface area contributed by atoms with E-state index >= 15 is 0 Å². The van der Waals surface area contributed by atoms with Gasteiger partial charge in [0.2, 0.25) is 5.91 Å². The smallest absolute Gasteiger partial charge is 0.234 e. The Morgan fingerprint density at radius 1 is 1.09 bits per heavy atom. The molecule has 6 nitrogen and oxygen atoms in total. The van der Waals surface area contributed by atoms with Crippen molar-refractivity contribution in [3.63, 3.8) is 0 Å².